The second-order valence-corrected chi connectivity index (χ2v) is 4.45. The Kier molecular flexibility index (Phi) is 3.16. The number of phenolic OH excluding ortho intramolecular Hbond substituents is 1. The first-order valence-electron chi connectivity index (χ1n) is 6.12. The predicted octanol–water partition coefficient (Wildman–Crippen LogP) is 2.84. The van der Waals surface area contributed by atoms with Crippen molar-refractivity contribution in [3.8, 4) is 16.9 Å². The fourth-order valence-electron chi connectivity index (χ4n) is 2.02. The normalized spacial score (nSPS) is 10.7. The van der Waals surface area contributed by atoms with Gasteiger partial charge in [-0.15, -0.1) is 0 Å². The molecule has 1 N–H and O–H groups in total. The summed E-state index contributed by atoms with van der Waals surface area (Å²) in [4.78, 5) is 3.84. The van der Waals surface area contributed by atoms with Crippen LogP contribution in [0.15, 0.2) is 55.1 Å². The van der Waals surface area contributed by atoms with Crippen LogP contribution in [0.25, 0.3) is 11.1 Å². The minimum atomic E-state index is -0.275. The molecule has 0 radical (unpaired) electrons. The molecule has 0 amide bonds. The number of rotatable bonds is 3. The van der Waals surface area contributed by atoms with Crippen LogP contribution in [0.2, 0.25) is 0 Å². The zero-order valence-electron chi connectivity index (χ0n) is 10.6. The molecule has 0 saturated carbocycles. The van der Waals surface area contributed by atoms with Crippen molar-refractivity contribution in [2.24, 2.45) is 0 Å². The van der Waals surface area contributed by atoms with Crippen molar-refractivity contribution in [2.75, 3.05) is 0 Å². The van der Waals surface area contributed by atoms with Gasteiger partial charge in [-0.1, -0.05) is 18.2 Å². The SMILES string of the molecule is Oc1ccc(-c2ccc(F)c(Cn3cncn3)c2)cc1. The minimum absolute atomic E-state index is 0.207. The van der Waals surface area contributed by atoms with Gasteiger partial charge in [-0.2, -0.15) is 5.10 Å². The summed E-state index contributed by atoms with van der Waals surface area (Å²) in [5, 5.41) is 13.3. The van der Waals surface area contributed by atoms with Gasteiger partial charge in [-0.05, 0) is 35.4 Å². The lowest BCUT2D eigenvalue weighted by atomic mass is 10.0. The number of aromatic nitrogens is 3. The molecule has 2 aromatic carbocycles. The van der Waals surface area contributed by atoms with Gasteiger partial charge in [0, 0.05) is 5.56 Å². The van der Waals surface area contributed by atoms with Crippen molar-refractivity contribution in [3.63, 3.8) is 0 Å². The van der Waals surface area contributed by atoms with E-state index in [0.29, 0.717) is 12.1 Å². The summed E-state index contributed by atoms with van der Waals surface area (Å²) in [5.41, 5.74) is 2.35. The predicted molar refractivity (Wildman–Crippen MR) is 72.6 cm³/mol. The monoisotopic (exact) mass is 269 g/mol. The molecule has 0 fully saturated rings. The van der Waals surface area contributed by atoms with E-state index in [0.717, 1.165) is 11.1 Å². The van der Waals surface area contributed by atoms with Crippen LogP contribution in [0.3, 0.4) is 0 Å². The van der Waals surface area contributed by atoms with Crippen molar-refractivity contribution < 1.29 is 9.50 Å². The fraction of sp³-hybridized carbons (Fsp3) is 0.0667. The van der Waals surface area contributed by atoms with Gasteiger partial charge in [-0.25, -0.2) is 14.1 Å². The molecule has 3 aromatic rings. The highest BCUT2D eigenvalue weighted by atomic mass is 19.1. The molecule has 4 nitrogen and oxygen atoms in total. The fourth-order valence-corrected chi connectivity index (χ4v) is 2.02. The highest BCUT2D eigenvalue weighted by Crippen LogP contribution is 2.24. The van der Waals surface area contributed by atoms with Crippen molar-refractivity contribution in [1.82, 2.24) is 14.8 Å². The van der Waals surface area contributed by atoms with Gasteiger partial charge in [0.1, 0.15) is 24.2 Å². The number of nitrogens with zero attached hydrogens (tertiary/aromatic N) is 3. The Labute approximate surface area is 115 Å². The summed E-state index contributed by atoms with van der Waals surface area (Å²) < 4.78 is 15.4. The first-order chi connectivity index (χ1) is 9.72. The Bertz CT molecular complexity index is 708. The van der Waals surface area contributed by atoms with Gasteiger partial charge < -0.3 is 5.11 Å². The molecule has 0 bridgehead atoms. The Balaban J connectivity index is 1.95. The van der Waals surface area contributed by atoms with E-state index >= 15 is 0 Å². The first kappa shape index (κ1) is 12.3. The largest absolute Gasteiger partial charge is 0.508 e. The van der Waals surface area contributed by atoms with Crippen LogP contribution in [0.1, 0.15) is 5.56 Å². The molecule has 0 unspecified atom stereocenters. The molecule has 0 aliphatic carbocycles. The molecular formula is C15H12FN3O. The number of halogens is 1. The van der Waals surface area contributed by atoms with E-state index in [9.17, 15) is 9.50 Å². The molecule has 3 rings (SSSR count). The van der Waals surface area contributed by atoms with Crippen LogP contribution < -0.4 is 0 Å². The lowest BCUT2D eigenvalue weighted by Gasteiger charge is -2.07. The zero-order chi connectivity index (χ0) is 13.9. The molecule has 1 aromatic heterocycles. The molecule has 20 heavy (non-hydrogen) atoms. The average Bonchev–Trinajstić information content (AvgIpc) is 2.95. The van der Waals surface area contributed by atoms with E-state index in [2.05, 4.69) is 10.1 Å². The van der Waals surface area contributed by atoms with E-state index in [1.807, 2.05) is 0 Å². The lowest BCUT2D eigenvalue weighted by Crippen LogP contribution is -2.02. The third-order valence-corrected chi connectivity index (χ3v) is 3.05. The van der Waals surface area contributed by atoms with Crippen LogP contribution in [0.5, 0.6) is 5.75 Å². The molecular weight excluding hydrogens is 257 g/mol. The van der Waals surface area contributed by atoms with Gasteiger partial charge >= 0.3 is 0 Å². The van der Waals surface area contributed by atoms with Gasteiger partial charge in [-0.3, -0.25) is 0 Å². The van der Waals surface area contributed by atoms with Gasteiger partial charge in [0.15, 0.2) is 0 Å². The number of phenols is 1. The maximum Gasteiger partial charge on any atom is 0.137 e. The van der Waals surface area contributed by atoms with Crippen molar-refractivity contribution in [1.29, 1.82) is 0 Å². The van der Waals surface area contributed by atoms with Crippen LogP contribution >= 0.6 is 0 Å². The number of hydrogen-bond acceptors (Lipinski definition) is 3. The van der Waals surface area contributed by atoms with Gasteiger partial charge in [0.05, 0.1) is 6.54 Å². The summed E-state index contributed by atoms with van der Waals surface area (Å²) in [5.74, 6) is -0.0678. The molecule has 0 saturated heterocycles. The molecule has 0 aliphatic rings. The molecule has 5 heteroatoms. The number of benzene rings is 2. The number of hydrogen-bond donors (Lipinski definition) is 1. The maximum absolute atomic E-state index is 13.8. The Morgan fingerprint density at radius 2 is 1.80 bits per heavy atom. The Hall–Kier alpha value is -2.69. The Morgan fingerprint density at radius 1 is 1.05 bits per heavy atom. The van der Waals surface area contributed by atoms with Gasteiger partial charge in [0.2, 0.25) is 0 Å². The highest BCUT2D eigenvalue weighted by Gasteiger charge is 2.06. The molecule has 100 valence electrons. The lowest BCUT2D eigenvalue weighted by molar-refractivity contribution is 0.475. The average molecular weight is 269 g/mol. The standard InChI is InChI=1S/C15H12FN3O/c16-15-6-3-12(11-1-4-14(20)5-2-11)7-13(15)8-19-10-17-9-18-19/h1-7,9-10,20H,8H2. The molecule has 0 aliphatic heterocycles. The third-order valence-electron chi connectivity index (χ3n) is 3.05. The van der Waals surface area contributed by atoms with Crippen LogP contribution in [-0.2, 0) is 6.54 Å². The van der Waals surface area contributed by atoms with Crippen molar-refractivity contribution in [2.45, 2.75) is 6.54 Å². The topological polar surface area (TPSA) is 50.9 Å². The molecule has 1 heterocycles. The van der Waals surface area contributed by atoms with E-state index in [4.69, 9.17) is 0 Å². The van der Waals surface area contributed by atoms with Crippen LogP contribution in [0.4, 0.5) is 4.39 Å². The van der Waals surface area contributed by atoms with Crippen molar-refractivity contribution in [3.05, 3.63) is 66.5 Å². The molecule has 0 atom stereocenters. The summed E-state index contributed by atoms with van der Waals surface area (Å²) in [6, 6.07) is 11.7. The second kappa shape index (κ2) is 5.13. The summed E-state index contributed by atoms with van der Waals surface area (Å²) in [6.45, 7) is 0.331. The summed E-state index contributed by atoms with van der Waals surface area (Å²) in [6.07, 6.45) is 2.97. The van der Waals surface area contributed by atoms with Crippen LogP contribution in [0, 0.1) is 5.82 Å². The highest BCUT2D eigenvalue weighted by molar-refractivity contribution is 5.65. The smallest absolute Gasteiger partial charge is 0.137 e. The molecule has 0 spiro atoms. The number of aromatic hydroxyl groups is 1. The minimum Gasteiger partial charge on any atom is -0.508 e. The van der Waals surface area contributed by atoms with Gasteiger partial charge in [0.25, 0.3) is 0 Å². The third kappa shape index (κ3) is 2.51. The van der Waals surface area contributed by atoms with E-state index in [1.54, 1.807) is 47.4 Å². The Morgan fingerprint density at radius 3 is 2.50 bits per heavy atom. The first-order valence-corrected chi connectivity index (χ1v) is 6.12. The quantitative estimate of drug-likeness (QED) is 0.795. The summed E-state index contributed by atoms with van der Waals surface area (Å²) in [7, 11) is 0. The zero-order valence-corrected chi connectivity index (χ0v) is 10.6. The van der Waals surface area contributed by atoms with E-state index in [1.165, 1.54) is 12.4 Å². The van der Waals surface area contributed by atoms with E-state index < -0.39 is 0 Å². The maximum atomic E-state index is 13.8. The van der Waals surface area contributed by atoms with Crippen LogP contribution in [-0.4, -0.2) is 19.9 Å². The van der Waals surface area contributed by atoms with E-state index in [-0.39, 0.29) is 11.6 Å². The van der Waals surface area contributed by atoms with Crippen molar-refractivity contribution >= 4 is 0 Å². The summed E-state index contributed by atoms with van der Waals surface area (Å²) >= 11 is 0. The second-order valence-electron chi connectivity index (χ2n) is 4.45.